The Bertz CT molecular complexity index is 237. The molecule has 0 aliphatic heterocycles. The first-order chi connectivity index (χ1) is 3.71. The van der Waals surface area contributed by atoms with E-state index in [0.717, 1.165) is 0 Å². The fourth-order valence-electron chi connectivity index (χ4n) is 0.109. The third-order valence-corrected chi connectivity index (χ3v) is 1.55. The molecule has 0 aromatic heterocycles. The molecule has 0 fully saturated rings. The molecule has 0 spiro atoms. The quantitative estimate of drug-likeness (QED) is 0.564. The summed E-state index contributed by atoms with van der Waals surface area (Å²) in [5.74, 6) is 0. The SMILES string of the molecule is O=S(=O)(O)OS(=O)(=O)O.[CsH]. The van der Waals surface area contributed by atoms with Crippen molar-refractivity contribution in [2.45, 2.75) is 0 Å². The van der Waals surface area contributed by atoms with Gasteiger partial charge in [-0.3, -0.25) is 9.11 Å². The van der Waals surface area contributed by atoms with Crippen molar-refractivity contribution in [1.82, 2.24) is 0 Å². The maximum absolute atomic E-state index is 9.44. The van der Waals surface area contributed by atoms with E-state index in [1.807, 2.05) is 0 Å². The minimum atomic E-state index is -5.12. The van der Waals surface area contributed by atoms with E-state index < -0.39 is 20.8 Å². The molecule has 2 N–H and O–H groups in total. The second-order valence-corrected chi connectivity index (χ2v) is 3.18. The molecule has 0 atom stereocenters. The van der Waals surface area contributed by atoms with Crippen molar-refractivity contribution in [1.29, 1.82) is 0 Å². The Morgan fingerprint density at radius 3 is 1.10 bits per heavy atom. The molecule has 10 heteroatoms. The first-order valence-corrected chi connectivity index (χ1v) is 4.10. The molecule has 0 aliphatic carbocycles. The van der Waals surface area contributed by atoms with Gasteiger partial charge in [-0.05, 0) is 0 Å². The summed E-state index contributed by atoms with van der Waals surface area (Å²) in [5.41, 5.74) is 0. The first kappa shape index (κ1) is 14.4. The van der Waals surface area contributed by atoms with Gasteiger partial charge in [-0.15, -0.1) is 3.63 Å². The van der Waals surface area contributed by atoms with Crippen LogP contribution in [0.2, 0.25) is 0 Å². The average molecular weight is 312 g/mol. The van der Waals surface area contributed by atoms with Crippen molar-refractivity contribution in [3.05, 3.63) is 0 Å². The Morgan fingerprint density at radius 2 is 1.10 bits per heavy atom. The van der Waals surface area contributed by atoms with E-state index in [1.165, 1.54) is 0 Å². The number of hydrogen-bond acceptors (Lipinski definition) is 5. The van der Waals surface area contributed by atoms with Gasteiger partial charge in [0.15, 0.2) is 0 Å². The molecule has 0 bridgehead atoms. The molecule has 7 nitrogen and oxygen atoms in total. The van der Waals surface area contributed by atoms with Crippen molar-refractivity contribution < 1.29 is 29.6 Å². The monoisotopic (exact) mass is 312 g/mol. The fraction of sp³-hybridized carbons (Fsp3) is 0. The summed E-state index contributed by atoms with van der Waals surface area (Å²) in [6, 6.07) is 0. The van der Waals surface area contributed by atoms with Gasteiger partial charge >= 0.3 is 89.7 Å². The summed E-state index contributed by atoms with van der Waals surface area (Å²) >= 11 is 0. The Labute approximate surface area is 116 Å². The average Bonchev–Trinajstić information content (AvgIpc) is 1.14. The van der Waals surface area contributed by atoms with Crippen LogP contribution in [0.4, 0.5) is 0 Å². The van der Waals surface area contributed by atoms with Crippen LogP contribution in [0, 0.1) is 0 Å². The standard InChI is InChI=1S/Cs.H2O7S2.H/c;1-8(2,3)7-9(4,5)6;/h;(H,1,2,3)(H,4,5,6);. The van der Waals surface area contributed by atoms with Crippen LogP contribution in [-0.4, -0.2) is 94.8 Å². The summed E-state index contributed by atoms with van der Waals surface area (Å²) in [5, 5.41) is 0. The Morgan fingerprint density at radius 1 is 0.900 bits per heavy atom. The van der Waals surface area contributed by atoms with Gasteiger partial charge < -0.3 is 0 Å². The predicted molar refractivity (Wildman–Crippen MR) is 31.3 cm³/mol. The van der Waals surface area contributed by atoms with Gasteiger partial charge in [0.1, 0.15) is 0 Å². The zero-order chi connectivity index (χ0) is 7.71. The van der Waals surface area contributed by atoms with Crippen molar-refractivity contribution in [2.75, 3.05) is 0 Å². The Kier molecular flexibility index (Phi) is 6.84. The third-order valence-electron chi connectivity index (χ3n) is 0.172. The molecule has 0 aromatic rings. The number of rotatable bonds is 2. The van der Waals surface area contributed by atoms with E-state index in [1.54, 1.807) is 0 Å². The van der Waals surface area contributed by atoms with E-state index in [2.05, 4.69) is 3.63 Å². The molecule has 0 rings (SSSR count). The fourth-order valence-corrected chi connectivity index (χ4v) is 0.978. The minimum absolute atomic E-state index is 0. The molecule has 0 saturated heterocycles. The van der Waals surface area contributed by atoms with Crippen LogP contribution in [0.25, 0.3) is 0 Å². The molecule has 0 unspecified atom stereocenters. The molecular formula is H3CsO7S2. The third kappa shape index (κ3) is 12.5. The van der Waals surface area contributed by atoms with Gasteiger partial charge in [0.2, 0.25) is 0 Å². The second-order valence-electron chi connectivity index (χ2n) is 0.924. The zero-order valence-electron chi connectivity index (χ0n) is 3.75. The molecule has 0 aromatic carbocycles. The van der Waals surface area contributed by atoms with E-state index in [9.17, 15) is 16.8 Å². The van der Waals surface area contributed by atoms with Crippen molar-refractivity contribution in [2.24, 2.45) is 0 Å². The molecule has 0 radical (unpaired) electrons. The van der Waals surface area contributed by atoms with Crippen LogP contribution < -0.4 is 0 Å². The summed E-state index contributed by atoms with van der Waals surface area (Å²) in [6.07, 6.45) is 0. The normalized spacial score (nSPS) is 12.2. The van der Waals surface area contributed by atoms with E-state index >= 15 is 0 Å². The summed E-state index contributed by atoms with van der Waals surface area (Å²) in [6.45, 7) is 0. The summed E-state index contributed by atoms with van der Waals surface area (Å²) in [7, 11) is -10.2. The maximum atomic E-state index is 9.44. The summed E-state index contributed by atoms with van der Waals surface area (Å²) < 4.78 is 55.6. The molecule has 0 amide bonds. The molecule has 0 saturated carbocycles. The second kappa shape index (κ2) is 4.76. The van der Waals surface area contributed by atoms with E-state index in [4.69, 9.17) is 9.11 Å². The van der Waals surface area contributed by atoms with Gasteiger partial charge in [-0.1, -0.05) is 0 Å². The van der Waals surface area contributed by atoms with Crippen LogP contribution in [0.5, 0.6) is 0 Å². The Balaban J connectivity index is 0. The molecule has 10 heavy (non-hydrogen) atoms. The zero-order valence-corrected chi connectivity index (χ0v) is 5.39. The van der Waals surface area contributed by atoms with Crippen LogP contribution in [0.1, 0.15) is 0 Å². The van der Waals surface area contributed by atoms with Crippen molar-refractivity contribution >= 4 is 89.7 Å². The van der Waals surface area contributed by atoms with Gasteiger partial charge in [-0.25, -0.2) is 0 Å². The van der Waals surface area contributed by atoms with Gasteiger partial charge in [0, 0.05) is 0 Å². The molecule has 0 aliphatic rings. The van der Waals surface area contributed by atoms with Crippen LogP contribution in [0.3, 0.4) is 0 Å². The van der Waals surface area contributed by atoms with Crippen LogP contribution in [-0.2, 0) is 24.4 Å². The van der Waals surface area contributed by atoms with Gasteiger partial charge in [-0.2, -0.15) is 16.8 Å². The van der Waals surface area contributed by atoms with Crippen molar-refractivity contribution in [3.63, 3.8) is 0 Å². The first-order valence-electron chi connectivity index (χ1n) is 1.37. The molecular weight excluding hydrogens is 309 g/mol. The number of hydrogen-bond donors (Lipinski definition) is 2. The van der Waals surface area contributed by atoms with Crippen LogP contribution >= 0.6 is 0 Å². The van der Waals surface area contributed by atoms with E-state index in [0.29, 0.717) is 0 Å². The topological polar surface area (TPSA) is 118 Å². The summed E-state index contributed by atoms with van der Waals surface area (Å²) in [4.78, 5) is 0. The van der Waals surface area contributed by atoms with Gasteiger partial charge in [0.05, 0.1) is 0 Å². The van der Waals surface area contributed by atoms with Crippen LogP contribution in [0.15, 0.2) is 0 Å². The van der Waals surface area contributed by atoms with E-state index in [-0.39, 0.29) is 68.9 Å². The molecule has 58 valence electrons. The molecule has 0 heterocycles. The van der Waals surface area contributed by atoms with Crippen molar-refractivity contribution in [3.8, 4) is 0 Å². The predicted octanol–water partition coefficient (Wildman–Crippen LogP) is -2.04. The van der Waals surface area contributed by atoms with Gasteiger partial charge in [0.25, 0.3) is 0 Å². The Hall–Kier alpha value is 1.83.